The number of nitrogens with zero attached hydrogens (tertiary/aromatic N) is 1. The van der Waals surface area contributed by atoms with Crippen molar-refractivity contribution in [1.29, 1.82) is 0 Å². The highest BCUT2D eigenvalue weighted by atomic mass is 127. The molecule has 0 unspecified atom stereocenters. The van der Waals surface area contributed by atoms with Gasteiger partial charge in [-0.25, -0.2) is 0 Å². The van der Waals surface area contributed by atoms with Crippen LogP contribution in [0.3, 0.4) is 0 Å². The van der Waals surface area contributed by atoms with Gasteiger partial charge in [-0.05, 0) is 69.5 Å². The second-order valence-electron chi connectivity index (χ2n) is 3.03. The number of benzene rings is 1. The molecular formula is C11H9I2N3OS. The highest BCUT2D eigenvalue weighted by molar-refractivity contribution is 14.1. The van der Waals surface area contributed by atoms with E-state index in [0.717, 1.165) is 12.7 Å². The Hall–Kier alpha value is -0.600. The zero-order chi connectivity index (χ0) is 13.5. The minimum Gasteiger partial charge on any atom is -0.479 e. The largest absolute Gasteiger partial charge is 0.479 e. The summed E-state index contributed by atoms with van der Waals surface area (Å²) in [5, 5.41) is 4.02. The van der Waals surface area contributed by atoms with E-state index < -0.39 is 0 Å². The van der Waals surface area contributed by atoms with Crippen LogP contribution in [0, 0.1) is 19.5 Å². The summed E-state index contributed by atoms with van der Waals surface area (Å²) in [6, 6.07) is 3.92. The Morgan fingerprint density at radius 1 is 1.61 bits per heavy atom. The Morgan fingerprint density at radius 2 is 2.33 bits per heavy atom. The first-order valence-corrected chi connectivity index (χ1v) is 7.25. The van der Waals surface area contributed by atoms with Gasteiger partial charge in [-0.2, -0.15) is 5.10 Å². The number of ether oxygens (including phenoxy) is 1. The first kappa shape index (κ1) is 15.5. The zero-order valence-electron chi connectivity index (χ0n) is 9.11. The van der Waals surface area contributed by atoms with Crippen LogP contribution in [0.1, 0.15) is 5.56 Å². The molecule has 0 saturated carbocycles. The molecule has 1 aromatic carbocycles. The topological polar surface area (TPSA) is 59.6 Å². The number of hydrazone groups is 1. The smallest absolute Gasteiger partial charge is 0.184 e. The molecule has 3 N–H and O–H groups in total. The van der Waals surface area contributed by atoms with Crippen LogP contribution in [0.4, 0.5) is 0 Å². The first-order chi connectivity index (χ1) is 8.54. The average molecular weight is 485 g/mol. The van der Waals surface area contributed by atoms with E-state index in [2.05, 4.69) is 73.8 Å². The molecule has 0 aliphatic carbocycles. The summed E-state index contributed by atoms with van der Waals surface area (Å²) in [5.74, 6) is 3.13. The number of thiocarbonyl (C=S) groups is 1. The van der Waals surface area contributed by atoms with Crippen molar-refractivity contribution in [3.63, 3.8) is 0 Å². The fraction of sp³-hybridized carbons (Fsp3) is 0.0909. The Balaban J connectivity index is 3.03. The Bertz CT molecular complexity index is 526. The van der Waals surface area contributed by atoms with Gasteiger partial charge in [0.25, 0.3) is 0 Å². The molecule has 0 amide bonds. The van der Waals surface area contributed by atoms with E-state index in [1.54, 1.807) is 6.21 Å². The number of hydrogen-bond acceptors (Lipinski definition) is 3. The number of terminal acetylenes is 1. The maximum absolute atomic E-state index is 5.50. The standard InChI is InChI=1S/C11H9I2N3OS/c1-2-3-17-10-7(6-15-16-11(14)18)4-8(12)5-9(10)13/h1,4-6H,3H2,(H3,14,16,18). The van der Waals surface area contributed by atoms with Crippen molar-refractivity contribution in [2.75, 3.05) is 6.61 Å². The predicted octanol–water partition coefficient (Wildman–Crippen LogP) is 2.07. The van der Waals surface area contributed by atoms with Crippen LogP contribution in [-0.2, 0) is 0 Å². The zero-order valence-corrected chi connectivity index (χ0v) is 14.2. The van der Waals surface area contributed by atoms with Crippen LogP contribution in [0.25, 0.3) is 0 Å². The molecule has 0 bridgehead atoms. The molecule has 0 atom stereocenters. The van der Waals surface area contributed by atoms with Gasteiger partial charge < -0.3 is 10.5 Å². The number of nitrogens with one attached hydrogen (secondary N) is 1. The van der Waals surface area contributed by atoms with Crippen molar-refractivity contribution >= 4 is 68.7 Å². The van der Waals surface area contributed by atoms with Crippen molar-refractivity contribution in [3.8, 4) is 18.1 Å². The van der Waals surface area contributed by atoms with Crippen molar-refractivity contribution < 1.29 is 4.74 Å². The van der Waals surface area contributed by atoms with Gasteiger partial charge in [0.2, 0.25) is 0 Å². The van der Waals surface area contributed by atoms with E-state index in [-0.39, 0.29) is 11.7 Å². The quantitative estimate of drug-likeness (QED) is 0.226. The van der Waals surface area contributed by atoms with E-state index in [4.69, 9.17) is 16.9 Å². The molecule has 18 heavy (non-hydrogen) atoms. The van der Waals surface area contributed by atoms with Crippen LogP contribution in [-0.4, -0.2) is 17.9 Å². The van der Waals surface area contributed by atoms with Crippen molar-refractivity contribution in [3.05, 3.63) is 24.8 Å². The lowest BCUT2D eigenvalue weighted by Crippen LogP contribution is -2.24. The lowest BCUT2D eigenvalue weighted by Gasteiger charge is -2.09. The summed E-state index contributed by atoms with van der Waals surface area (Å²) in [6.45, 7) is 0.208. The van der Waals surface area contributed by atoms with Crippen LogP contribution >= 0.6 is 57.4 Å². The fourth-order valence-electron chi connectivity index (χ4n) is 1.11. The van der Waals surface area contributed by atoms with Crippen LogP contribution < -0.4 is 15.9 Å². The molecule has 0 aromatic heterocycles. The molecule has 0 heterocycles. The number of nitrogens with two attached hydrogens (primary N) is 1. The molecule has 0 radical (unpaired) electrons. The molecule has 1 rings (SSSR count). The van der Waals surface area contributed by atoms with Gasteiger partial charge in [-0.3, -0.25) is 5.43 Å². The van der Waals surface area contributed by atoms with Crippen molar-refractivity contribution in [1.82, 2.24) is 5.43 Å². The normalized spacial score (nSPS) is 10.1. The van der Waals surface area contributed by atoms with Crippen molar-refractivity contribution in [2.24, 2.45) is 10.8 Å². The van der Waals surface area contributed by atoms with E-state index in [0.29, 0.717) is 5.75 Å². The lowest BCUT2D eigenvalue weighted by molar-refractivity contribution is 0.367. The Kier molecular flexibility index (Phi) is 6.66. The highest BCUT2D eigenvalue weighted by Gasteiger charge is 2.08. The van der Waals surface area contributed by atoms with Gasteiger partial charge in [0.1, 0.15) is 12.4 Å². The number of rotatable bonds is 4. The molecule has 0 saturated heterocycles. The van der Waals surface area contributed by atoms with Gasteiger partial charge >= 0.3 is 0 Å². The minimum absolute atomic E-state index is 0.109. The van der Waals surface area contributed by atoms with Crippen LogP contribution in [0.15, 0.2) is 17.2 Å². The van der Waals surface area contributed by atoms with E-state index in [1.807, 2.05) is 12.1 Å². The fourth-order valence-corrected chi connectivity index (χ4v) is 3.21. The van der Waals surface area contributed by atoms with Gasteiger partial charge in [0.15, 0.2) is 5.11 Å². The van der Waals surface area contributed by atoms with Gasteiger partial charge in [0, 0.05) is 9.13 Å². The third kappa shape index (κ3) is 4.95. The third-order valence-corrected chi connectivity index (χ3v) is 3.23. The Morgan fingerprint density at radius 3 is 2.94 bits per heavy atom. The molecule has 7 heteroatoms. The minimum atomic E-state index is 0.109. The molecule has 0 fully saturated rings. The van der Waals surface area contributed by atoms with Gasteiger partial charge in [-0.1, -0.05) is 5.92 Å². The average Bonchev–Trinajstić information content (AvgIpc) is 2.27. The number of hydrogen-bond donors (Lipinski definition) is 2. The lowest BCUT2D eigenvalue weighted by atomic mass is 10.2. The maximum Gasteiger partial charge on any atom is 0.184 e. The third-order valence-electron chi connectivity index (χ3n) is 1.72. The predicted molar refractivity (Wildman–Crippen MR) is 93.7 cm³/mol. The second-order valence-corrected chi connectivity index (χ2v) is 5.88. The second kappa shape index (κ2) is 7.75. The molecular weight excluding hydrogens is 476 g/mol. The molecule has 0 aliphatic rings. The Labute approximate surface area is 138 Å². The summed E-state index contributed by atoms with van der Waals surface area (Å²) in [6.07, 6.45) is 6.78. The first-order valence-electron chi connectivity index (χ1n) is 4.68. The molecule has 0 spiro atoms. The monoisotopic (exact) mass is 485 g/mol. The van der Waals surface area contributed by atoms with Crippen LogP contribution in [0.5, 0.6) is 5.75 Å². The highest BCUT2D eigenvalue weighted by Crippen LogP contribution is 2.27. The van der Waals surface area contributed by atoms with Gasteiger partial charge in [-0.15, -0.1) is 6.42 Å². The summed E-state index contributed by atoms with van der Waals surface area (Å²) in [5.41, 5.74) is 8.59. The van der Waals surface area contributed by atoms with E-state index in [1.165, 1.54) is 0 Å². The molecule has 4 nitrogen and oxygen atoms in total. The van der Waals surface area contributed by atoms with E-state index >= 15 is 0 Å². The summed E-state index contributed by atoms with van der Waals surface area (Å²) in [4.78, 5) is 0. The molecule has 94 valence electrons. The molecule has 1 aromatic rings. The van der Waals surface area contributed by atoms with Crippen LogP contribution in [0.2, 0.25) is 0 Å². The SMILES string of the molecule is C#CCOc1c(I)cc(I)cc1C=NNC(N)=S. The van der Waals surface area contributed by atoms with Gasteiger partial charge in [0.05, 0.1) is 9.78 Å². The maximum atomic E-state index is 5.50. The summed E-state index contributed by atoms with van der Waals surface area (Å²) < 4.78 is 7.54. The molecule has 0 aliphatic heterocycles. The van der Waals surface area contributed by atoms with E-state index in [9.17, 15) is 0 Å². The number of halogens is 2. The summed E-state index contributed by atoms with van der Waals surface area (Å²) in [7, 11) is 0. The van der Waals surface area contributed by atoms with Crippen molar-refractivity contribution in [2.45, 2.75) is 0 Å². The summed E-state index contributed by atoms with van der Waals surface area (Å²) >= 11 is 9.06.